The zero-order valence-corrected chi connectivity index (χ0v) is 16.2. The van der Waals surface area contributed by atoms with Gasteiger partial charge in [0, 0.05) is 23.6 Å². The van der Waals surface area contributed by atoms with Crippen molar-refractivity contribution in [3.8, 4) is 0 Å². The van der Waals surface area contributed by atoms with Crippen LogP contribution in [-0.2, 0) is 9.53 Å². The molecular formula is C16H15ClN2O2S3. The molecule has 24 heavy (non-hydrogen) atoms. The predicted octanol–water partition coefficient (Wildman–Crippen LogP) is 4.09. The van der Waals surface area contributed by atoms with E-state index in [4.69, 9.17) is 28.6 Å². The summed E-state index contributed by atoms with van der Waals surface area (Å²) in [6.45, 7) is 1.32. The van der Waals surface area contributed by atoms with Crippen molar-refractivity contribution in [1.82, 2.24) is 4.90 Å². The van der Waals surface area contributed by atoms with Crippen LogP contribution in [-0.4, -0.2) is 41.4 Å². The van der Waals surface area contributed by atoms with Gasteiger partial charge in [0.1, 0.15) is 9.23 Å². The lowest BCUT2D eigenvalue weighted by Gasteiger charge is -2.19. The number of carbonyl (C=O) groups is 1. The molecule has 1 atom stereocenters. The average Bonchev–Trinajstić information content (AvgIpc) is 3.24. The Hall–Kier alpha value is -0.730. The van der Waals surface area contributed by atoms with Crippen LogP contribution >= 0.6 is 47.3 Å². The molecule has 2 fully saturated rings. The smallest absolute Gasteiger partial charge is 0.268 e. The van der Waals surface area contributed by atoms with Crippen molar-refractivity contribution in [2.75, 3.05) is 25.1 Å². The number of thioether (sulfide) groups is 2. The Morgan fingerprint density at radius 3 is 3.00 bits per heavy atom. The highest BCUT2D eigenvalue weighted by atomic mass is 35.5. The highest BCUT2D eigenvalue weighted by Crippen LogP contribution is 2.50. The molecule has 4 rings (SSSR count). The summed E-state index contributed by atoms with van der Waals surface area (Å²) in [5, 5.41) is 1.60. The zero-order chi connectivity index (χ0) is 16.8. The third-order valence-electron chi connectivity index (χ3n) is 4.25. The van der Waals surface area contributed by atoms with Crippen LogP contribution in [0.3, 0.4) is 0 Å². The average molecular weight is 399 g/mol. The van der Waals surface area contributed by atoms with Crippen LogP contribution in [0, 0.1) is 0 Å². The Balaban J connectivity index is 1.61. The molecule has 4 nitrogen and oxygen atoms in total. The van der Waals surface area contributed by atoms with Crippen molar-refractivity contribution in [2.24, 2.45) is 0 Å². The highest BCUT2D eigenvalue weighted by Gasteiger charge is 2.39. The predicted molar refractivity (Wildman–Crippen MR) is 104 cm³/mol. The van der Waals surface area contributed by atoms with Crippen molar-refractivity contribution >= 4 is 63.3 Å². The molecule has 0 saturated carbocycles. The number of halogens is 1. The Labute approximate surface area is 159 Å². The van der Waals surface area contributed by atoms with Crippen molar-refractivity contribution in [3.63, 3.8) is 0 Å². The molecule has 0 bridgehead atoms. The number of fused-ring (bicyclic) bond motifs is 1. The maximum Gasteiger partial charge on any atom is 0.268 e. The third kappa shape index (κ3) is 2.86. The SMILES string of the molecule is CN1C(=C2SC(=S)N(CC3CCCO3)C2=O)Sc2ccc(Cl)cc21. The summed E-state index contributed by atoms with van der Waals surface area (Å²) < 4.78 is 6.26. The van der Waals surface area contributed by atoms with E-state index in [0.29, 0.717) is 20.8 Å². The van der Waals surface area contributed by atoms with Crippen LogP contribution in [0.4, 0.5) is 5.69 Å². The fourth-order valence-electron chi connectivity index (χ4n) is 3.00. The summed E-state index contributed by atoms with van der Waals surface area (Å²) in [7, 11) is 1.96. The van der Waals surface area contributed by atoms with Gasteiger partial charge in [-0.2, -0.15) is 0 Å². The van der Waals surface area contributed by atoms with Gasteiger partial charge < -0.3 is 9.64 Å². The van der Waals surface area contributed by atoms with Crippen LogP contribution in [0.25, 0.3) is 0 Å². The van der Waals surface area contributed by atoms with E-state index in [1.165, 1.54) is 11.8 Å². The molecule has 0 radical (unpaired) electrons. The van der Waals surface area contributed by atoms with Gasteiger partial charge >= 0.3 is 0 Å². The first-order valence-corrected chi connectivity index (χ1v) is 10.1. The number of anilines is 1. The number of amides is 1. The largest absolute Gasteiger partial charge is 0.376 e. The first-order chi connectivity index (χ1) is 11.5. The summed E-state index contributed by atoms with van der Waals surface area (Å²) in [4.78, 5) is 18.4. The van der Waals surface area contributed by atoms with Gasteiger partial charge in [-0.05, 0) is 31.0 Å². The van der Waals surface area contributed by atoms with Gasteiger partial charge in [0.15, 0.2) is 0 Å². The van der Waals surface area contributed by atoms with Gasteiger partial charge in [0.2, 0.25) is 0 Å². The molecule has 3 heterocycles. The van der Waals surface area contributed by atoms with E-state index in [2.05, 4.69) is 0 Å². The second-order valence-electron chi connectivity index (χ2n) is 5.83. The molecule has 0 spiro atoms. The van der Waals surface area contributed by atoms with E-state index >= 15 is 0 Å². The van der Waals surface area contributed by atoms with E-state index < -0.39 is 0 Å². The van der Waals surface area contributed by atoms with Gasteiger partial charge in [0.25, 0.3) is 5.91 Å². The lowest BCUT2D eigenvalue weighted by Crippen LogP contribution is -2.35. The Kier molecular flexibility index (Phi) is 4.55. The second-order valence-corrected chi connectivity index (χ2v) is 8.94. The molecule has 0 aliphatic carbocycles. The molecule has 1 amide bonds. The quantitative estimate of drug-likeness (QED) is 0.551. The van der Waals surface area contributed by atoms with Gasteiger partial charge in [-0.25, -0.2) is 0 Å². The summed E-state index contributed by atoms with van der Waals surface area (Å²) in [5.74, 6) is -0.0197. The number of carbonyl (C=O) groups excluding carboxylic acids is 1. The Bertz CT molecular complexity index is 762. The summed E-state index contributed by atoms with van der Waals surface area (Å²) >= 11 is 14.5. The second kappa shape index (κ2) is 6.53. The van der Waals surface area contributed by atoms with Crippen molar-refractivity contribution < 1.29 is 9.53 Å². The molecule has 3 aliphatic rings. The lowest BCUT2D eigenvalue weighted by atomic mass is 10.2. The minimum Gasteiger partial charge on any atom is -0.376 e. The summed E-state index contributed by atoms with van der Waals surface area (Å²) in [6.07, 6.45) is 2.14. The molecular weight excluding hydrogens is 384 g/mol. The van der Waals surface area contributed by atoms with Gasteiger partial charge in [-0.15, -0.1) is 0 Å². The monoisotopic (exact) mass is 398 g/mol. The number of benzene rings is 1. The molecule has 126 valence electrons. The minimum absolute atomic E-state index is 0.0197. The summed E-state index contributed by atoms with van der Waals surface area (Å²) in [5.41, 5.74) is 1.02. The maximum absolute atomic E-state index is 12.9. The molecule has 8 heteroatoms. The summed E-state index contributed by atoms with van der Waals surface area (Å²) in [6, 6.07) is 5.77. The first kappa shape index (κ1) is 16.7. The molecule has 1 unspecified atom stereocenters. The van der Waals surface area contributed by atoms with Crippen LogP contribution in [0.5, 0.6) is 0 Å². The Morgan fingerprint density at radius 1 is 1.42 bits per heavy atom. The third-order valence-corrected chi connectivity index (χ3v) is 7.29. The number of hydrogen-bond acceptors (Lipinski definition) is 6. The standard InChI is InChI=1S/C16H15ClN2O2S3/c1-18-11-7-9(17)4-5-12(11)23-15(18)13-14(20)19(16(22)24-13)8-10-3-2-6-21-10/h4-5,7,10H,2-3,6,8H2,1H3. The van der Waals surface area contributed by atoms with Crippen LogP contribution < -0.4 is 4.90 Å². The Morgan fingerprint density at radius 2 is 2.25 bits per heavy atom. The van der Waals surface area contributed by atoms with E-state index in [1.807, 2.05) is 30.1 Å². The number of hydrogen-bond donors (Lipinski definition) is 0. The topological polar surface area (TPSA) is 32.8 Å². The molecule has 3 aliphatic heterocycles. The van der Waals surface area contributed by atoms with Gasteiger partial charge in [0.05, 0.1) is 23.4 Å². The van der Waals surface area contributed by atoms with Gasteiger partial charge in [-0.1, -0.05) is 47.3 Å². The lowest BCUT2D eigenvalue weighted by molar-refractivity contribution is -0.123. The number of ether oxygens (including phenoxy) is 1. The molecule has 0 aromatic heterocycles. The normalized spacial score (nSPS) is 26.7. The van der Waals surface area contributed by atoms with E-state index in [0.717, 1.165) is 35.1 Å². The van der Waals surface area contributed by atoms with Crippen LogP contribution in [0.15, 0.2) is 33.0 Å². The van der Waals surface area contributed by atoms with Crippen LogP contribution in [0.1, 0.15) is 12.8 Å². The number of rotatable bonds is 2. The van der Waals surface area contributed by atoms with Crippen LogP contribution in [0.2, 0.25) is 5.02 Å². The van der Waals surface area contributed by atoms with Crippen molar-refractivity contribution in [2.45, 2.75) is 23.8 Å². The number of thiocarbonyl (C=S) groups is 1. The van der Waals surface area contributed by atoms with Gasteiger partial charge in [-0.3, -0.25) is 9.69 Å². The highest BCUT2D eigenvalue weighted by molar-refractivity contribution is 8.27. The van der Waals surface area contributed by atoms with Crippen molar-refractivity contribution in [3.05, 3.63) is 33.2 Å². The first-order valence-electron chi connectivity index (χ1n) is 7.65. The molecule has 1 aromatic rings. The van der Waals surface area contributed by atoms with E-state index in [9.17, 15) is 4.79 Å². The molecule has 2 saturated heterocycles. The minimum atomic E-state index is -0.0197. The zero-order valence-electron chi connectivity index (χ0n) is 13.0. The fourth-order valence-corrected chi connectivity index (χ4v) is 5.74. The molecule has 1 aromatic carbocycles. The fraction of sp³-hybridized carbons (Fsp3) is 0.375. The molecule has 0 N–H and O–H groups in total. The maximum atomic E-state index is 12.9. The number of nitrogens with zero attached hydrogens (tertiary/aromatic N) is 2. The van der Waals surface area contributed by atoms with Crippen molar-refractivity contribution in [1.29, 1.82) is 0 Å². The van der Waals surface area contributed by atoms with E-state index in [1.54, 1.807) is 16.7 Å². The van der Waals surface area contributed by atoms with E-state index in [-0.39, 0.29) is 12.0 Å².